The highest BCUT2D eigenvalue weighted by Crippen LogP contribution is 2.40. The van der Waals surface area contributed by atoms with Gasteiger partial charge < -0.3 is 9.67 Å². The monoisotopic (exact) mass is 384 g/mol. The second-order valence-electron chi connectivity index (χ2n) is 7.34. The van der Waals surface area contributed by atoms with E-state index in [4.69, 9.17) is 0 Å². The van der Waals surface area contributed by atoms with Gasteiger partial charge in [-0.2, -0.15) is 0 Å². The number of carbonyl (C=O) groups is 2. The number of para-hydroxylation sites is 1. The summed E-state index contributed by atoms with van der Waals surface area (Å²) in [7, 11) is 0. The van der Waals surface area contributed by atoms with Gasteiger partial charge >= 0.3 is 0 Å². The fourth-order valence-electron chi connectivity index (χ4n) is 4.36. The summed E-state index contributed by atoms with van der Waals surface area (Å²) >= 11 is 0. The van der Waals surface area contributed by atoms with Crippen LogP contribution in [0.4, 0.5) is 0 Å². The number of hydrogen-bond donors (Lipinski definition) is 2. The van der Waals surface area contributed by atoms with E-state index < -0.39 is 0 Å². The molecule has 1 aliphatic carbocycles. The number of benzene rings is 2. The van der Waals surface area contributed by atoms with E-state index in [1.54, 1.807) is 0 Å². The van der Waals surface area contributed by atoms with Crippen LogP contribution in [0.1, 0.15) is 23.1 Å². The first kappa shape index (κ1) is 17.6. The van der Waals surface area contributed by atoms with Gasteiger partial charge in [-0.15, -0.1) is 0 Å². The number of aliphatic hydroxyl groups excluding tert-OH is 1. The van der Waals surface area contributed by atoms with Crippen molar-refractivity contribution in [2.24, 2.45) is 0 Å². The van der Waals surface area contributed by atoms with Crippen molar-refractivity contribution in [3.8, 4) is 0 Å². The Labute approximate surface area is 168 Å². The van der Waals surface area contributed by atoms with E-state index in [-0.39, 0.29) is 18.4 Å². The molecule has 29 heavy (non-hydrogen) atoms. The molecule has 1 aliphatic heterocycles. The minimum absolute atomic E-state index is 0.0957. The van der Waals surface area contributed by atoms with Gasteiger partial charge in [0.1, 0.15) is 0 Å². The maximum absolute atomic E-state index is 12.9. The van der Waals surface area contributed by atoms with Crippen LogP contribution in [0, 0.1) is 0 Å². The molecule has 144 valence electrons. The van der Waals surface area contributed by atoms with E-state index >= 15 is 0 Å². The van der Waals surface area contributed by atoms with Crippen LogP contribution in [0.15, 0.2) is 66.4 Å². The lowest BCUT2D eigenvalue weighted by molar-refractivity contribution is -0.123. The summed E-state index contributed by atoms with van der Waals surface area (Å²) in [5.41, 5.74) is 5.60. The quantitative estimate of drug-likeness (QED) is 0.664. The molecule has 2 amide bonds. The highest BCUT2D eigenvalue weighted by Gasteiger charge is 2.36. The largest absolute Gasteiger partial charge is 0.396 e. The van der Waals surface area contributed by atoms with Crippen molar-refractivity contribution in [1.29, 1.82) is 0 Å². The lowest BCUT2D eigenvalue weighted by atomic mass is 9.93. The van der Waals surface area contributed by atoms with Gasteiger partial charge in [-0.05, 0) is 35.6 Å². The van der Waals surface area contributed by atoms with Gasteiger partial charge in [0.2, 0.25) is 0 Å². The Hall–Kier alpha value is -3.44. The van der Waals surface area contributed by atoms with Crippen LogP contribution >= 0.6 is 0 Å². The molecule has 0 radical (unpaired) electrons. The maximum Gasteiger partial charge on any atom is 0.259 e. The molecule has 0 bridgehead atoms. The minimum Gasteiger partial charge on any atom is -0.396 e. The Morgan fingerprint density at radius 3 is 2.55 bits per heavy atom. The summed E-state index contributed by atoms with van der Waals surface area (Å²) in [4.78, 5) is 25.7. The topological polar surface area (TPSA) is 71.3 Å². The lowest BCUT2D eigenvalue weighted by Crippen LogP contribution is -2.23. The van der Waals surface area contributed by atoms with Crippen LogP contribution in [0.25, 0.3) is 22.0 Å². The number of carbonyl (C=O) groups excluding carboxylic acids is 2. The van der Waals surface area contributed by atoms with Crippen molar-refractivity contribution >= 4 is 33.9 Å². The Bertz CT molecular complexity index is 1230. The molecular formula is C24H20N2O3. The van der Waals surface area contributed by atoms with Gasteiger partial charge in [-0.25, -0.2) is 0 Å². The van der Waals surface area contributed by atoms with Crippen LogP contribution < -0.4 is 5.32 Å². The van der Waals surface area contributed by atoms with E-state index in [2.05, 4.69) is 11.4 Å². The molecule has 5 rings (SSSR count). The number of amides is 2. The van der Waals surface area contributed by atoms with Crippen molar-refractivity contribution in [2.75, 3.05) is 6.61 Å². The Morgan fingerprint density at radius 2 is 1.69 bits per heavy atom. The molecule has 0 unspecified atom stereocenters. The van der Waals surface area contributed by atoms with Crippen molar-refractivity contribution in [2.45, 2.75) is 19.4 Å². The number of hydrogen-bond acceptors (Lipinski definition) is 3. The zero-order valence-electron chi connectivity index (χ0n) is 15.8. The maximum atomic E-state index is 12.9. The van der Waals surface area contributed by atoms with Gasteiger partial charge in [0.05, 0.1) is 11.1 Å². The van der Waals surface area contributed by atoms with E-state index in [1.807, 2.05) is 59.3 Å². The van der Waals surface area contributed by atoms with Crippen molar-refractivity contribution in [1.82, 2.24) is 9.88 Å². The SMILES string of the molecule is O=C1NC(=O)C(c2cn(CCCO)c3ccccc23)=C1C1=CCc2ccccc21. The zero-order chi connectivity index (χ0) is 20.0. The molecule has 0 saturated carbocycles. The number of aryl methyl sites for hydroxylation is 1. The van der Waals surface area contributed by atoms with Gasteiger partial charge in [-0.3, -0.25) is 14.9 Å². The van der Waals surface area contributed by atoms with Crippen LogP contribution in [0.3, 0.4) is 0 Å². The molecule has 0 saturated heterocycles. The van der Waals surface area contributed by atoms with Gasteiger partial charge in [0.15, 0.2) is 0 Å². The first-order valence-corrected chi connectivity index (χ1v) is 9.77. The van der Waals surface area contributed by atoms with Crippen LogP contribution in [0.5, 0.6) is 0 Å². The summed E-state index contributed by atoms with van der Waals surface area (Å²) in [6.07, 6.45) is 5.33. The van der Waals surface area contributed by atoms with Crippen LogP contribution in [-0.4, -0.2) is 28.1 Å². The standard InChI is InChI=1S/C24H20N2O3/c27-13-5-12-26-14-19(17-8-3-4-9-20(17)26)22-21(23(28)25-24(22)29)18-11-10-15-6-1-2-7-16(15)18/h1-4,6-9,11,14,27H,5,10,12-13H2,(H,25,28,29). The lowest BCUT2D eigenvalue weighted by Gasteiger charge is -2.07. The number of imide groups is 1. The molecule has 0 fully saturated rings. The number of aromatic nitrogens is 1. The number of aliphatic hydroxyl groups is 1. The van der Waals surface area contributed by atoms with Crippen molar-refractivity contribution in [3.05, 3.63) is 83.1 Å². The molecule has 1 aromatic heterocycles. The van der Waals surface area contributed by atoms with E-state index in [0.29, 0.717) is 24.1 Å². The van der Waals surface area contributed by atoms with E-state index in [9.17, 15) is 14.7 Å². The molecule has 2 heterocycles. The number of nitrogens with zero attached hydrogens (tertiary/aromatic N) is 1. The predicted molar refractivity (Wildman–Crippen MR) is 112 cm³/mol. The second kappa shape index (κ2) is 6.87. The van der Waals surface area contributed by atoms with Gasteiger partial charge in [-0.1, -0.05) is 48.5 Å². The molecule has 2 aromatic carbocycles. The smallest absolute Gasteiger partial charge is 0.259 e. The third-order valence-corrected chi connectivity index (χ3v) is 5.65. The molecule has 0 atom stereocenters. The minimum atomic E-state index is -0.361. The van der Waals surface area contributed by atoms with E-state index in [0.717, 1.165) is 39.6 Å². The average molecular weight is 384 g/mol. The summed E-state index contributed by atoms with van der Waals surface area (Å²) in [5, 5.41) is 12.7. The van der Waals surface area contributed by atoms with Crippen molar-refractivity contribution in [3.63, 3.8) is 0 Å². The normalized spacial score (nSPS) is 15.8. The third kappa shape index (κ3) is 2.74. The Morgan fingerprint density at radius 1 is 0.931 bits per heavy atom. The van der Waals surface area contributed by atoms with E-state index in [1.165, 1.54) is 0 Å². The molecule has 5 heteroatoms. The third-order valence-electron chi connectivity index (χ3n) is 5.65. The predicted octanol–water partition coefficient (Wildman–Crippen LogP) is 3.07. The van der Waals surface area contributed by atoms with Gasteiger partial charge in [0, 0.05) is 35.8 Å². The first-order valence-electron chi connectivity index (χ1n) is 9.77. The van der Waals surface area contributed by atoms with Gasteiger partial charge in [0.25, 0.3) is 11.8 Å². The average Bonchev–Trinajstić information content (AvgIpc) is 3.39. The number of fused-ring (bicyclic) bond motifs is 2. The second-order valence-corrected chi connectivity index (χ2v) is 7.34. The molecule has 2 N–H and O–H groups in total. The fraction of sp³-hybridized carbons (Fsp3) is 0.167. The summed E-state index contributed by atoms with van der Waals surface area (Å²) < 4.78 is 2.04. The Balaban J connectivity index is 1.74. The number of allylic oxidation sites excluding steroid dienone is 1. The number of nitrogens with one attached hydrogen (secondary N) is 1. The fourth-order valence-corrected chi connectivity index (χ4v) is 4.36. The zero-order valence-corrected chi connectivity index (χ0v) is 15.8. The Kier molecular flexibility index (Phi) is 4.18. The summed E-state index contributed by atoms with van der Waals surface area (Å²) in [6.45, 7) is 0.735. The first-order chi connectivity index (χ1) is 14.2. The number of rotatable bonds is 5. The molecule has 0 spiro atoms. The molecule has 2 aliphatic rings. The molecule has 5 nitrogen and oxygen atoms in total. The molecular weight excluding hydrogens is 364 g/mol. The summed E-state index contributed by atoms with van der Waals surface area (Å²) in [6, 6.07) is 15.8. The highest BCUT2D eigenvalue weighted by atomic mass is 16.3. The van der Waals surface area contributed by atoms with Crippen LogP contribution in [-0.2, 0) is 22.6 Å². The highest BCUT2D eigenvalue weighted by molar-refractivity contribution is 6.41. The van der Waals surface area contributed by atoms with Crippen LogP contribution in [0.2, 0.25) is 0 Å². The summed E-state index contributed by atoms with van der Waals surface area (Å²) in [5.74, 6) is -0.708. The molecule has 3 aromatic rings. The van der Waals surface area contributed by atoms with Crippen molar-refractivity contribution < 1.29 is 14.7 Å².